The van der Waals surface area contributed by atoms with Crippen molar-refractivity contribution in [3.63, 3.8) is 0 Å². The molecule has 28 heavy (non-hydrogen) atoms. The second-order valence-electron chi connectivity index (χ2n) is 6.77. The van der Waals surface area contributed by atoms with Crippen molar-refractivity contribution in [1.82, 2.24) is 0 Å². The van der Waals surface area contributed by atoms with E-state index in [0.29, 0.717) is 28.0 Å². The van der Waals surface area contributed by atoms with Gasteiger partial charge in [0, 0.05) is 6.07 Å². The molecular formula is C21H20O7. The minimum atomic E-state index is -1.44. The number of fused-ring (bicyclic) bond motifs is 1. The average molecular weight is 384 g/mol. The first-order valence-electron chi connectivity index (χ1n) is 8.94. The zero-order chi connectivity index (χ0) is 19.8. The maximum absolute atomic E-state index is 12.4. The number of benzene rings is 2. The maximum Gasteiger partial charge on any atom is 0.229 e. The molecule has 0 bridgehead atoms. The predicted octanol–water partition coefficient (Wildman–Crippen LogP) is 1.67. The zero-order valence-corrected chi connectivity index (χ0v) is 15.1. The van der Waals surface area contributed by atoms with Crippen molar-refractivity contribution in [3.8, 4) is 17.1 Å². The molecular weight excluding hydrogens is 364 g/mol. The monoisotopic (exact) mass is 384 g/mol. The Morgan fingerprint density at radius 3 is 2.46 bits per heavy atom. The minimum absolute atomic E-state index is 0.187. The van der Waals surface area contributed by atoms with Crippen molar-refractivity contribution in [2.75, 3.05) is 0 Å². The van der Waals surface area contributed by atoms with Gasteiger partial charge in [-0.3, -0.25) is 4.79 Å². The Morgan fingerprint density at radius 2 is 1.64 bits per heavy atom. The van der Waals surface area contributed by atoms with Crippen LogP contribution in [-0.2, 0) is 4.74 Å². The molecule has 1 aliphatic heterocycles. The molecule has 3 aromatic rings. The van der Waals surface area contributed by atoms with E-state index in [-0.39, 0.29) is 5.43 Å². The van der Waals surface area contributed by atoms with Gasteiger partial charge in [-0.2, -0.15) is 0 Å². The van der Waals surface area contributed by atoms with Crippen LogP contribution in [0.3, 0.4) is 0 Å². The molecule has 1 fully saturated rings. The smallest absolute Gasteiger partial charge is 0.229 e. The molecule has 0 saturated carbocycles. The van der Waals surface area contributed by atoms with Gasteiger partial charge in [0.15, 0.2) is 5.43 Å². The Labute approximate surface area is 160 Å². The predicted molar refractivity (Wildman–Crippen MR) is 101 cm³/mol. The summed E-state index contributed by atoms with van der Waals surface area (Å²) in [4.78, 5) is 12.4. The normalized spacial score (nSPS) is 27.6. The van der Waals surface area contributed by atoms with Crippen molar-refractivity contribution in [2.24, 2.45) is 0 Å². The van der Waals surface area contributed by atoms with Gasteiger partial charge in [-0.15, -0.1) is 0 Å². The van der Waals surface area contributed by atoms with Crippen LogP contribution in [0.15, 0.2) is 63.8 Å². The molecule has 7 nitrogen and oxygen atoms in total. The lowest BCUT2D eigenvalue weighted by molar-refractivity contribution is -0.268. The molecule has 7 heteroatoms. The van der Waals surface area contributed by atoms with Crippen molar-refractivity contribution in [1.29, 1.82) is 0 Å². The van der Waals surface area contributed by atoms with Gasteiger partial charge in [0.05, 0.1) is 17.1 Å². The van der Waals surface area contributed by atoms with Gasteiger partial charge in [-0.05, 0) is 31.2 Å². The van der Waals surface area contributed by atoms with Crippen molar-refractivity contribution >= 4 is 11.0 Å². The molecule has 0 radical (unpaired) electrons. The summed E-state index contributed by atoms with van der Waals surface area (Å²) in [6, 6.07) is 15.2. The number of aliphatic hydroxyl groups is 3. The van der Waals surface area contributed by atoms with Gasteiger partial charge < -0.3 is 29.2 Å². The summed E-state index contributed by atoms with van der Waals surface area (Å²) in [7, 11) is 0. The lowest BCUT2D eigenvalue weighted by Crippen LogP contribution is -2.58. The van der Waals surface area contributed by atoms with Gasteiger partial charge in [-0.1, -0.05) is 24.3 Å². The van der Waals surface area contributed by atoms with Crippen LogP contribution in [0.1, 0.15) is 6.92 Å². The molecule has 0 unspecified atom stereocenters. The summed E-state index contributed by atoms with van der Waals surface area (Å²) in [6.07, 6.45) is -5.98. The Bertz CT molecular complexity index is 1040. The number of para-hydroxylation sites is 2. The molecule has 4 rings (SSSR count). The summed E-state index contributed by atoms with van der Waals surface area (Å²) < 4.78 is 17.2. The van der Waals surface area contributed by atoms with Crippen LogP contribution >= 0.6 is 0 Å². The second kappa shape index (κ2) is 7.37. The van der Waals surface area contributed by atoms with Crippen LogP contribution in [0.2, 0.25) is 0 Å². The zero-order valence-electron chi connectivity index (χ0n) is 15.1. The molecule has 2 heterocycles. The van der Waals surface area contributed by atoms with Crippen LogP contribution in [-0.4, -0.2) is 46.0 Å². The number of aliphatic hydroxyl groups excluding tert-OH is 3. The summed E-state index contributed by atoms with van der Waals surface area (Å²) >= 11 is 0. The largest absolute Gasteiger partial charge is 0.461 e. The van der Waals surface area contributed by atoms with Gasteiger partial charge in [-0.25, -0.2) is 0 Å². The minimum Gasteiger partial charge on any atom is -0.461 e. The van der Waals surface area contributed by atoms with E-state index >= 15 is 0 Å². The highest BCUT2D eigenvalue weighted by Crippen LogP contribution is 2.33. The van der Waals surface area contributed by atoms with E-state index in [2.05, 4.69) is 0 Å². The SMILES string of the molecule is C[C@@H]1O[C@@H](Oc2ccccc2-c2cc(=O)c3ccccc3o2)[C@H](O)[C@H](O)[C@H]1O. The molecule has 3 N–H and O–H groups in total. The number of rotatable bonds is 3. The van der Waals surface area contributed by atoms with Gasteiger partial charge >= 0.3 is 0 Å². The molecule has 1 aromatic heterocycles. The van der Waals surface area contributed by atoms with E-state index in [1.165, 1.54) is 6.07 Å². The summed E-state index contributed by atoms with van der Waals surface area (Å²) in [5.41, 5.74) is 0.753. The highest BCUT2D eigenvalue weighted by Gasteiger charge is 2.43. The molecule has 0 amide bonds. The summed E-state index contributed by atoms with van der Waals surface area (Å²) in [5, 5.41) is 30.5. The number of hydrogen-bond donors (Lipinski definition) is 3. The number of hydrogen-bond acceptors (Lipinski definition) is 7. The maximum atomic E-state index is 12.4. The lowest BCUT2D eigenvalue weighted by atomic mass is 10.00. The van der Waals surface area contributed by atoms with Crippen LogP contribution in [0.4, 0.5) is 0 Å². The van der Waals surface area contributed by atoms with Crippen LogP contribution < -0.4 is 10.2 Å². The summed E-state index contributed by atoms with van der Waals surface area (Å²) in [5.74, 6) is 0.610. The first kappa shape index (κ1) is 18.6. The second-order valence-corrected chi connectivity index (χ2v) is 6.77. The third-order valence-electron chi connectivity index (χ3n) is 4.84. The Morgan fingerprint density at radius 1 is 0.929 bits per heavy atom. The molecule has 0 spiro atoms. The highest BCUT2D eigenvalue weighted by atomic mass is 16.7. The van der Waals surface area contributed by atoms with E-state index in [0.717, 1.165) is 0 Å². The third-order valence-corrected chi connectivity index (χ3v) is 4.84. The molecule has 0 aliphatic carbocycles. The first-order valence-corrected chi connectivity index (χ1v) is 8.94. The Balaban J connectivity index is 1.71. The van der Waals surface area contributed by atoms with Gasteiger partial charge in [0.2, 0.25) is 6.29 Å². The van der Waals surface area contributed by atoms with Crippen molar-refractivity contribution < 1.29 is 29.2 Å². The molecule has 146 valence electrons. The average Bonchev–Trinajstić information content (AvgIpc) is 2.71. The van der Waals surface area contributed by atoms with Crippen LogP contribution in [0, 0.1) is 0 Å². The topological polar surface area (TPSA) is 109 Å². The third kappa shape index (κ3) is 3.29. The summed E-state index contributed by atoms with van der Waals surface area (Å²) in [6.45, 7) is 1.57. The van der Waals surface area contributed by atoms with Crippen molar-refractivity contribution in [2.45, 2.75) is 37.6 Å². The van der Waals surface area contributed by atoms with Gasteiger partial charge in [0.25, 0.3) is 0 Å². The molecule has 5 atom stereocenters. The molecule has 1 aliphatic rings. The molecule has 2 aromatic carbocycles. The van der Waals surface area contributed by atoms with Gasteiger partial charge in [0.1, 0.15) is 35.4 Å². The highest BCUT2D eigenvalue weighted by molar-refractivity contribution is 5.79. The molecule has 1 saturated heterocycles. The quantitative estimate of drug-likeness (QED) is 0.630. The van der Waals surface area contributed by atoms with E-state index in [4.69, 9.17) is 13.9 Å². The van der Waals surface area contributed by atoms with E-state index < -0.39 is 30.7 Å². The Hall–Kier alpha value is -2.71. The number of ether oxygens (including phenoxy) is 2. The van der Waals surface area contributed by atoms with Crippen molar-refractivity contribution in [3.05, 3.63) is 64.8 Å². The fourth-order valence-electron chi connectivity index (χ4n) is 3.25. The van der Waals surface area contributed by atoms with E-state index in [9.17, 15) is 20.1 Å². The fourth-order valence-corrected chi connectivity index (χ4v) is 3.25. The van der Waals surface area contributed by atoms with Crippen LogP contribution in [0.25, 0.3) is 22.3 Å². The van der Waals surface area contributed by atoms with Crippen LogP contribution in [0.5, 0.6) is 5.75 Å². The standard InChI is InChI=1S/C21H20O7/c1-11-18(23)19(24)20(25)21(26-11)28-16-9-5-3-7-13(16)17-10-14(22)12-6-2-4-8-15(12)27-17/h2-11,18-21,23-25H,1H3/t11-,18-,19+,20+,21-/m0/s1. The lowest BCUT2D eigenvalue weighted by Gasteiger charge is -2.39. The van der Waals surface area contributed by atoms with E-state index in [1.807, 2.05) is 0 Å². The first-order chi connectivity index (χ1) is 13.5. The Kier molecular flexibility index (Phi) is 4.91. The van der Waals surface area contributed by atoms with E-state index in [1.54, 1.807) is 55.5 Å². The fraction of sp³-hybridized carbons (Fsp3) is 0.286.